The largest absolute Gasteiger partial charge is 0.475 e. The zero-order chi connectivity index (χ0) is 8.81. The first-order valence-electron chi connectivity index (χ1n) is 4.18. The van der Waals surface area contributed by atoms with Gasteiger partial charge >= 0.3 is 0 Å². The normalized spacial score (nSPS) is 10.2. The fraction of sp³-hybridized carbons (Fsp3) is 0.625. The molecule has 12 heavy (non-hydrogen) atoms. The summed E-state index contributed by atoms with van der Waals surface area (Å²) in [5.41, 5.74) is 1.02. The molecule has 0 aromatic carbocycles. The van der Waals surface area contributed by atoms with Gasteiger partial charge in [0.05, 0.1) is 0 Å². The van der Waals surface area contributed by atoms with E-state index in [0.717, 1.165) is 18.8 Å². The highest BCUT2D eigenvalue weighted by Gasteiger charge is 1.96. The lowest BCUT2D eigenvalue weighted by atomic mass is 10.5. The zero-order valence-corrected chi connectivity index (χ0v) is 7.55. The van der Waals surface area contributed by atoms with E-state index in [1.165, 1.54) is 0 Å². The van der Waals surface area contributed by atoms with Crippen LogP contribution in [0.3, 0.4) is 0 Å². The van der Waals surface area contributed by atoms with E-state index in [0.29, 0.717) is 12.5 Å². The van der Waals surface area contributed by atoms with Crippen molar-refractivity contribution >= 4 is 0 Å². The standard InChI is InChI=1S/C8H15N3O/c1-3-9-4-5-12-8-6-7(2)10-11-8/h6,9H,3-5H2,1-2H3,(H,10,11). The van der Waals surface area contributed by atoms with Crippen LogP contribution in [0.25, 0.3) is 0 Å². The summed E-state index contributed by atoms with van der Waals surface area (Å²) in [6.45, 7) is 6.52. The highest BCUT2D eigenvalue weighted by Crippen LogP contribution is 2.05. The van der Waals surface area contributed by atoms with Crippen LogP contribution < -0.4 is 10.1 Å². The fourth-order valence-electron chi connectivity index (χ4n) is 0.872. The molecule has 1 heterocycles. The maximum atomic E-state index is 5.32. The average Bonchev–Trinajstić information content (AvgIpc) is 2.45. The van der Waals surface area contributed by atoms with Crippen LogP contribution in [0.4, 0.5) is 0 Å². The quantitative estimate of drug-likeness (QED) is 0.638. The molecule has 0 bridgehead atoms. The van der Waals surface area contributed by atoms with Gasteiger partial charge in [0.25, 0.3) is 0 Å². The van der Waals surface area contributed by atoms with Crippen molar-refractivity contribution in [2.45, 2.75) is 13.8 Å². The van der Waals surface area contributed by atoms with Gasteiger partial charge < -0.3 is 10.1 Å². The van der Waals surface area contributed by atoms with E-state index in [1.54, 1.807) is 0 Å². The van der Waals surface area contributed by atoms with Crippen molar-refractivity contribution in [2.24, 2.45) is 0 Å². The van der Waals surface area contributed by atoms with Crippen molar-refractivity contribution in [2.75, 3.05) is 19.7 Å². The Balaban J connectivity index is 2.15. The Hall–Kier alpha value is -1.03. The number of H-pyrrole nitrogens is 1. The van der Waals surface area contributed by atoms with Crippen molar-refractivity contribution in [3.8, 4) is 5.88 Å². The summed E-state index contributed by atoms with van der Waals surface area (Å²) in [5, 5.41) is 9.91. The number of aryl methyl sites for hydroxylation is 1. The van der Waals surface area contributed by atoms with E-state index in [4.69, 9.17) is 4.74 Å². The Morgan fingerprint density at radius 3 is 3.08 bits per heavy atom. The monoisotopic (exact) mass is 169 g/mol. The summed E-state index contributed by atoms with van der Waals surface area (Å²) in [5.74, 6) is 0.672. The SMILES string of the molecule is CCNCCOc1cc(C)[nH]n1. The third kappa shape index (κ3) is 2.92. The fourth-order valence-corrected chi connectivity index (χ4v) is 0.872. The van der Waals surface area contributed by atoms with Gasteiger partial charge in [-0.05, 0) is 13.5 Å². The highest BCUT2D eigenvalue weighted by atomic mass is 16.5. The number of rotatable bonds is 5. The van der Waals surface area contributed by atoms with E-state index in [2.05, 4.69) is 22.4 Å². The molecule has 0 saturated carbocycles. The van der Waals surface area contributed by atoms with Gasteiger partial charge in [-0.15, -0.1) is 5.10 Å². The van der Waals surface area contributed by atoms with Crippen LogP contribution in [0.15, 0.2) is 6.07 Å². The third-order valence-corrected chi connectivity index (χ3v) is 1.46. The lowest BCUT2D eigenvalue weighted by Crippen LogP contribution is -2.20. The Morgan fingerprint density at radius 1 is 1.67 bits per heavy atom. The van der Waals surface area contributed by atoms with Crippen molar-refractivity contribution < 1.29 is 4.74 Å². The van der Waals surface area contributed by atoms with Crippen LogP contribution in [-0.4, -0.2) is 29.9 Å². The van der Waals surface area contributed by atoms with Gasteiger partial charge in [0.1, 0.15) is 6.61 Å². The molecule has 0 saturated heterocycles. The molecule has 0 radical (unpaired) electrons. The third-order valence-electron chi connectivity index (χ3n) is 1.46. The first-order chi connectivity index (χ1) is 5.83. The van der Waals surface area contributed by atoms with E-state index in [-0.39, 0.29) is 0 Å². The number of hydrogen-bond acceptors (Lipinski definition) is 3. The van der Waals surface area contributed by atoms with Gasteiger partial charge in [0.2, 0.25) is 5.88 Å². The second kappa shape index (κ2) is 4.77. The Bertz CT molecular complexity index is 222. The Kier molecular flexibility index (Phi) is 3.60. The number of aromatic amines is 1. The molecule has 0 atom stereocenters. The zero-order valence-electron chi connectivity index (χ0n) is 7.55. The lowest BCUT2D eigenvalue weighted by Gasteiger charge is -2.01. The molecule has 0 fully saturated rings. The molecule has 0 aliphatic rings. The van der Waals surface area contributed by atoms with Crippen LogP contribution >= 0.6 is 0 Å². The average molecular weight is 169 g/mol. The maximum Gasteiger partial charge on any atom is 0.232 e. The first-order valence-corrected chi connectivity index (χ1v) is 4.18. The minimum atomic E-state index is 0.665. The molecular formula is C8H15N3O. The van der Waals surface area contributed by atoms with Crippen molar-refractivity contribution in [3.05, 3.63) is 11.8 Å². The molecule has 2 N–H and O–H groups in total. The van der Waals surface area contributed by atoms with Gasteiger partial charge in [-0.25, -0.2) is 0 Å². The number of hydrogen-bond donors (Lipinski definition) is 2. The molecule has 4 nitrogen and oxygen atoms in total. The molecule has 0 aliphatic carbocycles. The van der Waals surface area contributed by atoms with Crippen LogP contribution in [0.1, 0.15) is 12.6 Å². The predicted molar refractivity (Wildman–Crippen MR) is 47.4 cm³/mol. The van der Waals surface area contributed by atoms with Crippen molar-refractivity contribution in [1.29, 1.82) is 0 Å². The number of nitrogens with zero attached hydrogens (tertiary/aromatic N) is 1. The van der Waals surface area contributed by atoms with Gasteiger partial charge in [-0.2, -0.15) is 0 Å². The summed E-state index contributed by atoms with van der Waals surface area (Å²) in [7, 11) is 0. The van der Waals surface area contributed by atoms with Gasteiger partial charge in [-0.3, -0.25) is 5.10 Å². The molecular weight excluding hydrogens is 154 g/mol. The minimum absolute atomic E-state index is 0.665. The number of ether oxygens (including phenoxy) is 1. The van der Waals surface area contributed by atoms with E-state index >= 15 is 0 Å². The molecule has 0 spiro atoms. The molecule has 1 rings (SSSR count). The van der Waals surface area contributed by atoms with Gasteiger partial charge in [-0.1, -0.05) is 6.92 Å². The van der Waals surface area contributed by atoms with Gasteiger partial charge in [0.15, 0.2) is 0 Å². The van der Waals surface area contributed by atoms with Crippen LogP contribution in [0.2, 0.25) is 0 Å². The smallest absolute Gasteiger partial charge is 0.232 e. The van der Waals surface area contributed by atoms with Crippen molar-refractivity contribution in [3.63, 3.8) is 0 Å². The first kappa shape index (κ1) is 9.06. The summed E-state index contributed by atoms with van der Waals surface area (Å²) in [6, 6.07) is 1.88. The second-order valence-electron chi connectivity index (χ2n) is 2.59. The number of aromatic nitrogens is 2. The second-order valence-corrected chi connectivity index (χ2v) is 2.59. The van der Waals surface area contributed by atoms with Crippen LogP contribution in [0, 0.1) is 6.92 Å². The topological polar surface area (TPSA) is 49.9 Å². The molecule has 0 aliphatic heterocycles. The molecule has 0 unspecified atom stereocenters. The maximum absolute atomic E-state index is 5.32. The van der Waals surface area contributed by atoms with E-state index in [1.807, 2.05) is 13.0 Å². The van der Waals surface area contributed by atoms with Crippen LogP contribution in [0.5, 0.6) is 5.88 Å². The predicted octanol–water partition coefficient (Wildman–Crippen LogP) is 0.706. The summed E-state index contributed by atoms with van der Waals surface area (Å²) >= 11 is 0. The Labute approximate surface area is 72.3 Å². The molecule has 1 aromatic heterocycles. The van der Waals surface area contributed by atoms with Crippen molar-refractivity contribution in [1.82, 2.24) is 15.5 Å². The van der Waals surface area contributed by atoms with E-state index < -0.39 is 0 Å². The van der Waals surface area contributed by atoms with Gasteiger partial charge in [0, 0.05) is 18.3 Å². The molecule has 68 valence electrons. The summed E-state index contributed by atoms with van der Waals surface area (Å²) < 4.78 is 5.32. The number of likely N-dealkylation sites (N-methyl/N-ethyl adjacent to an activating group) is 1. The molecule has 4 heteroatoms. The highest BCUT2D eigenvalue weighted by molar-refractivity contribution is 5.11. The number of nitrogens with one attached hydrogen (secondary N) is 2. The minimum Gasteiger partial charge on any atom is -0.475 e. The Morgan fingerprint density at radius 2 is 2.50 bits per heavy atom. The van der Waals surface area contributed by atoms with Crippen LogP contribution in [-0.2, 0) is 0 Å². The summed E-state index contributed by atoms with van der Waals surface area (Å²) in [6.07, 6.45) is 0. The summed E-state index contributed by atoms with van der Waals surface area (Å²) in [4.78, 5) is 0. The molecule has 0 amide bonds. The molecule has 1 aromatic rings. The lowest BCUT2D eigenvalue weighted by molar-refractivity contribution is 0.303. The van der Waals surface area contributed by atoms with E-state index in [9.17, 15) is 0 Å².